The van der Waals surface area contributed by atoms with Gasteiger partial charge in [-0.2, -0.15) is 13.2 Å². The molecule has 0 N–H and O–H groups in total. The third-order valence-electron chi connectivity index (χ3n) is 4.50. The fourth-order valence-corrected chi connectivity index (χ4v) is 3.62. The maximum absolute atomic E-state index is 13.0. The molecule has 0 unspecified atom stereocenters. The fraction of sp³-hybridized carbons (Fsp3) is 0.571. The van der Waals surface area contributed by atoms with Gasteiger partial charge in [-0.3, -0.25) is 10.1 Å². The summed E-state index contributed by atoms with van der Waals surface area (Å²) in [6, 6.07) is 3.27. The normalized spacial score (nSPS) is 21.2. The van der Waals surface area contributed by atoms with Crippen LogP contribution >= 0.6 is 0 Å². The van der Waals surface area contributed by atoms with E-state index in [1.807, 2.05) is 11.9 Å². The summed E-state index contributed by atoms with van der Waals surface area (Å²) in [7, 11) is 2.02. The summed E-state index contributed by atoms with van der Waals surface area (Å²) in [6.07, 6.45) is -3.79. The second-order valence-corrected chi connectivity index (χ2v) is 6.30. The van der Waals surface area contributed by atoms with Crippen LogP contribution in [0, 0.1) is 15.5 Å². The SMILES string of the molecule is CN1CC2(CCN(c3ccc([N+](=O)[O-])c(C(F)(F)F)c3)C2)C1. The lowest BCUT2D eigenvalue weighted by molar-refractivity contribution is -0.388. The lowest BCUT2D eigenvalue weighted by Gasteiger charge is -2.46. The van der Waals surface area contributed by atoms with Crippen molar-refractivity contribution in [1.82, 2.24) is 4.90 Å². The molecule has 1 aromatic rings. The molecule has 2 fully saturated rings. The molecule has 2 heterocycles. The highest BCUT2D eigenvalue weighted by Crippen LogP contribution is 2.43. The van der Waals surface area contributed by atoms with Crippen LogP contribution in [-0.2, 0) is 6.18 Å². The predicted octanol–water partition coefficient (Wildman–Crippen LogP) is 2.76. The first-order valence-electron chi connectivity index (χ1n) is 6.99. The minimum atomic E-state index is -4.73. The number of alkyl halides is 3. The molecule has 3 rings (SSSR count). The number of benzene rings is 1. The number of halogens is 3. The average molecular weight is 315 g/mol. The van der Waals surface area contributed by atoms with Crippen molar-refractivity contribution in [3.63, 3.8) is 0 Å². The molecule has 2 aliphatic heterocycles. The number of nitro groups is 1. The van der Waals surface area contributed by atoms with Gasteiger partial charge in [0.1, 0.15) is 5.56 Å². The molecule has 1 spiro atoms. The van der Waals surface area contributed by atoms with Gasteiger partial charge in [0.05, 0.1) is 4.92 Å². The van der Waals surface area contributed by atoms with Crippen molar-refractivity contribution >= 4 is 11.4 Å². The van der Waals surface area contributed by atoms with Gasteiger partial charge < -0.3 is 9.80 Å². The van der Waals surface area contributed by atoms with Crippen molar-refractivity contribution < 1.29 is 18.1 Å². The third kappa shape index (κ3) is 2.51. The van der Waals surface area contributed by atoms with Crippen LogP contribution in [0.15, 0.2) is 18.2 Å². The van der Waals surface area contributed by atoms with Gasteiger partial charge in [0.2, 0.25) is 0 Å². The first-order valence-corrected chi connectivity index (χ1v) is 6.99. The van der Waals surface area contributed by atoms with E-state index >= 15 is 0 Å². The lowest BCUT2D eigenvalue weighted by atomic mass is 9.79. The molecule has 0 aliphatic carbocycles. The van der Waals surface area contributed by atoms with Gasteiger partial charge in [-0.1, -0.05) is 0 Å². The van der Waals surface area contributed by atoms with Gasteiger partial charge in [-0.15, -0.1) is 0 Å². The molecule has 8 heteroatoms. The Morgan fingerprint density at radius 3 is 2.50 bits per heavy atom. The number of nitrogens with zero attached hydrogens (tertiary/aromatic N) is 3. The zero-order chi connectivity index (χ0) is 16.1. The molecule has 0 amide bonds. The molecular formula is C14H16F3N3O2. The standard InChI is InChI=1S/C14H16F3N3O2/c1-18-7-13(8-18)4-5-19(9-13)10-2-3-12(20(21)22)11(6-10)14(15,16)17/h2-3,6H,4-5,7-9H2,1H3. The number of hydrogen-bond donors (Lipinski definition) is 0. The first-order chi connectivity index (χ1) is 10.2. The van der Waals surface area contributed by atoms with E-state index in [2.05, 4.69) is 4.90 Å². The van der Waals surface area contributed by atoms with Gasteiger partial charge >= 0.3 is 6.18 Å². The van der Waals surface area contributed by atoms with Crippen molar-refractivity contribution in [2.45, 2.75) is 12.6 Å². The average Bonchev–Trinajstić information content (AvgIpc) is 2.81. The molecule has 5 nitrogen and oxygen atoms in total. The van der Waals surface area contributed by atoms with Crippen LogP contribution in [0.25, 0.3) is 0 Å². The van der Waals surface area contributed by atoms with Crippen LogP contribution in [0.2, 0.25) is 0 Å². The van der Waals surface area contributed by atoms with E-state index in [-0.39, 0.29) is 5.41 Å². The molecule has 2 aliphatic rings. The van der Waals surface area contributed by atoms with Crippen LogP contribution in [0.4, 0.5) is 24.5 Å². The summed E-state index contributed by atoms with van der Waals surface area (Å²) >= 11 is 0. The minimum absolute atomic E-state index is 0.162. The predicted molar refractivity (Wildman–Crippen MR) is 74.9 cm³/mol. The molecule has 0 saturated carbocycles. The maximum atomic E-state index is 13.0. The van der Waals surface area contributed by atoms with Crippen LogP contribution in [-0.4, -0.2) is 43.0 Å². The summed E-state index contributed by atoms with van der Waals surface area (Å²) < 4.78 is 39.1. The van der Waals surface area contributed by atoms with Crippen molar-refractivity contribution in [3.05, 3.63) is 33.9 Å². The van der Waals surface area contributed by atoms with Crippen LogP contribution < -0.4 is 4.90 Å². The summed E-state index contributed by atoms with van der Waals surface area (Å²) in [5, 5.41) is 10.8. The van der Waals surface area contributed by atoms with Gasteiger partial charge in [0.25, 0.3) is 5.69 Å². The van der Waals surface area contributed by atoms with Crippen LogP contribution in [0.3, 0.4) is 0 Å². The zero-order valence-electron chi connectivity index (χ0n) is 12.1. The molecule has 1 aromatic carbocycles. The Bertz CT molecular complexity index is 612. The van der Waals surface area contributed by atoms with E-state index in [1.54, 1.807) is 0 Å². The van der Waals surface area contributed by atoms with E-state index in [9.17, 15) is 23.3 Å². The fourth-order valence-electron chi connectivity index (χ4n) is 3.62. The Morgan fingerprint density at radius 1 is 1.27 bits per heavy atom. The van der Waals surface area contributed by atoms with E-state index in [0.29, 0.717) is 18.8 Å². The molecule has 2 saturated heterocycles. The zero-order valence-corrected chi connectivity index (χ0v) is 12.1. The summed E-state index contributed by atoms with van der Waals surface area (Å²) in [5.74, 6) is 0. The number of hydrogen-bond acceptors (Lipinski definition) is 4. The highest BCUT2D eigenvalue weighted by atomic mass is 19.4. The second-order valence-electron chi connectivity index (χ2n) is 6.30. The Morgan fingerprint density at radius 2 is 1.95 bits per heavy atom. The van der Waals surface area contributed by atoms with Gasteiger partial charge in [0.15, 0.2) is 0 Å². The first kappa shape index (κ1) is 15.1. The van der Waals surface area contributed by atoms with E-state index in [1.165, 1.54) is 6.07 Å². The van der Waals surface area contributed by atoms with E-state index < -0.39 is 22.4 Å². The molecule has 0 bridgehead atoms. The Kier molecular flexibility index (Phi) is 3.32. The summed E-state index contributed by atoms with van der Waals surface area (Å²) in [6.45, 7) is 3.28. The highest BCUT2D eigenvalue weighted by Gasteiger charge is 2.46. The van der Waals surface area contributed by atoms with Gasteiger partial charge in [-0.25, -0.2) is 0 Å². The number of rotatable bonds is 2. The monoisotopic (exact) mass is 315 g/mol. The lowest BCUT2D eigenvalue weighted by Crippen LogP contribution is -2.55. The smallest absolute Gasteiger partial charge is 0.371 e. The molecule has 0 aromatic heterocycles. The van der Waals surface area contributed by atoms with Crippen molar-refractivity contribution in [3.8, 4) is 0 Å². The number of nitro benzene ring substituents is 1. The van der Waals surface area contributed by atoms with Crippen LogP contribution in [0.1, 0.15) is 12.0 Å². The maximum Gasteiger partial charge on any atom is 0.423 e. The largest absolute Gasteiger partial charge is 0.423 e. The van der Waals surface area contributed by atoms with Crippen molar-refractivity contribution in [2.24, 2.45) is 5.41 Å². The third-order valence-corrected chi connectivity index (χ3v) is 4.50. The minimum Gasteiger partial charge on any atom is -0.371 e. The molecule has 120 valence electrons. The quantitative estimate of drug-likeness (QED) is 0.622. The number of likely N-dealkylation sites (tertiary alicyclic amines) is 1. The molecule has 0 atom stereocenters. The second kappa shape index (κ2) is 4.84. The Hall–Kier alpha value is -1.83. The Labute approximate surface area is 125 Å². The summed E-state index contributed by atoms with van der Waals surface area (Å²) in [5.41, 5.74) is -1.51. The summed E-state index contributed by atoms with van der Waals surface area (Å²) in [4.78, 5) is 13.9. The highest BCUT2D eigenvalue weighted by molar-refractivity contribution is 5.57. The topological polar surface area (TPSA) is 49.6 Å². The van der Waals surface area contributed by atoms with Gasteiger partial charge in [-0.05, 0) is 25.6 Å². The van der Waals surface area contributed by atoms with Crippen molar-refractivity contribution in [1.29, 1.82) is 0 Å². The molecule has 22 heavy (non-hydrogen) atoms. The molecule has 0 radical (unpaired) electrons. The van der Waals surface area contributed by atoms with Crippen molar-refractivity contribution in [2.75, 3.05) is 38.1 Å². The van der Waals surface area contributed by atoms with Gasteiger partial charge in [0, 0.05) is 43.3 Å². The van der Waals surface area contributed by atoms with E-state index in [0.717, 1.165) is 31.6 Å². The van der Waals surface area contributed by atoms with Crippen LogP contribution in [0.5, 0.6) is 0 Å². The number of anilines is 1. The van der Waals surface area contributed by atoms with E-state index in [4.69, 9.17) is 0 Å². The Balaban J connectivity index is 1.88. The molecular weight excluding hydrogens is 299 g/mol.